The summed E-state index contributed by atoms with van der Waals surface area (Å²) in [5, 5.41) is 14.2. The van der Waals surface area contributed by atoms with E-state index in [2.05, 4.69) is 5.32 Å². The van der Waals surface area contributed by atoms with Crippen molar-refractivity contribution in [3.8, 4) is 0 Å². The van der Waals surface area contributed by atoms with Gasteiger partial charge in [-0.25, -0.2) is 8.78 Å². The fourth-order valence-electron chi connectivity index (χ4n) is 1.71. The summed E-state index contributed by atoms with van der Waals surface area (Å²) in [5.74, 6) is -2.29. The van der Waals surface area contributed by atoms with Crippen LogP contribution in [0.25, 0.3) is 0 Å². The van der Waals surface area contributed by atoms with Gasteiger partial charge in [-0.2, -0.15) is 0 Å². The highest BCUT2D eigenvalue weighted by Crippen LogP contribution is 2.17. The topological polar surface area (TPSA) is 49.3 Å². The average molecular weight is 297 g/mol. The van der Waals surface area contributed by atoms with Crippen LogP contribution in [0, 0.1) is 18.6 Å². The second-order valence-corrected chi connectivity index (χ2v) is 5.25. The molecule has 2 N–H and O–H groups in total. The molecule has 0 saturated carbocycles. The molecule has 6 heteroatoms. The molecule has 20 heavy (non-hydrogen) atoms. The molecule has 1 unspecified atom stereocenters. The Bertz CT molecular complexity index is 627. The van der Waals surface area contributed by atoms with Crippen molar-refractivity contribution in [1.82, 2.24) is 5.32 Å². The molecular weight excluding hydrogens is 284 g/mol. The second-order valence-electron chi connectivity index (χ2n) is 4.33. The Morgan fingerprint density at radius 3 is 2.70 bits per heavy atom. The van der Waals surface area contributed by atoms with Crippen molar-refractivity contribution in [2.75, 3.05) is 6.54 Å². The Hall–Kier alpha value is -1.79. The molecule has 1 atom stereocenters. The predicted molar refractivity (Wildman–Crippen MR) is 72.7 cm³/mol. The molecule has 0 bridgehead atoms. The lowest BCUT2D eigenvalue weighted by atomic mass is 10.1. The monoisotopic (exact) mass is 297 g/mol. The number of nitrogens with one attached hydrogen (secondary N) is 1. The summed E-state index contributed by atoms with van der Waals surface area (Å²) in [4.78, 5) is 12.4. The summed E-state index contributed by atoms with van der Waals surface area (Å²) >= 11 is 1.31. The number of aliphatic hydroxyl groups is 1. The van der Waals surface area contributed by atoms with Gasteiger partial charge in [-0.3, -0.25) is 4.79 Å². The number of hydrogen-bond acceptors (Lipinski definition) is 3. The van der Waals surface area contributed by atoms with Gasteiger partial charge in [0.15, 0.2) is 11.6 Å². The van der Waals surface area contributed by atoms with Gasteiger partial charge in [-0.15, -0.1) is 11.3 Å². The number of thiophene rings is 1. The molecule has 0 fully saturated rings. The minimum absolute atomic E-state index is 0.0682. The van der Waals surface area contributed by atoms with Gasteiger partial charge < -0.3 is 10.4 Å². The molecule has 106 valence electrons. The lowest BCUT2D eigenvalue weighted by molar-refractivity contribution is 0.0919. The lowest BCUT2D eigenvalue weighted by Gasteiger charge is -2.12. The first-order valence-electron chi connectivity index (χ1n) is 5.94. The van der Waals surface area contributed by atoms with E-state index < -0.39 is 17.7 Å². The molecule has 2 aromatic rings. The molecule has 1 aromatic carbocycles. The Morgan fingerprint density at radius 2 is 2.10 bits per heavy atom. The number of benzene rings is 1. The first-order chi connectivity index (χ1) is 9.49. The number of carbonyl (C=O) groups is 1. The van der Waals surface area contributed by atoms with Crippen LogP contribution in [0.1, 0.15) is 26.9 Å². The van der Waals surface area contributed by atoms with E-state index in [4.69, 9.17) is 0 Å². The van der Waals surface area contributed by atoms with Crippen LogP contribution in [0.4, 0.5) is 8.78 Å². The van der Waals surface area contributed by atoms with Crippen LogP contribution >= 0.6 is 11.3 Å². The Labute approximate surface area is 118 Å². The zero-order valence-corrected chi connectivity index (χ0v) is 11.5. The SMILES string of the molecule is Cc1ccsc1C(=O)NCC(O)c1ccc(F)c(F)c1. The summed E-state index contributed by atoms with van der Waals surface area (Å²) in [5.41, 5.74) is 1.07. The fraction of sp³-hybridized carbons (Fsp3) is 0.214. The highest BCUT2D eigenvalue weighted by atomic mass is 32.1. The fourth-order valence-corrected chi connectivity index (χ4v) is 2.55. The minimum atomic E-state index is -1.09. The summed E-state index contributed by atoms with van der Waals surface area (Å²) in [6.07, 6.45) is -1.09. The molecule has 0 saturated heterocycles. The Morgan fingerprint density at radius 1 is 1.35 bits per heavy atom. The van der Waals surface area contributed by atoms with Gasteiger partial charge in [0, 0.05) is 6.54 Å². The van der Waals surface area contributed by atoms with Gasteiger partial charge in [0.2, 0.25) is 0 Å². The molecule has 0 radical (unpaired) electrons. The van der Waals surface area contributed by atoms with Gasteiger partial charge in [0.05, 0.1) is 11.0 Å². The van der Waals surface area contributed by atoms with E-state index >= 15 is 0 Å². The summed E-state index contributed by atoms with van der Waals surface area (Å²) in [6.45, 7) is 1.75. The predicted octanol–water partition coefficient (Wildman–Crippen LogP) is 2.80. The van der Waals surface area contributed by atoms with Crippen LogP contribution in [0.3, 0.4) is 0 Å². The molecule has 0 aliphatic rings. The number of carbonyl (C=O) groups excluding carboxylic acids is 1. The van der Waals surface area contributed by atoms with Crippen molar-refractivity contribution in [2.45, 2.75) is 13.0 Å². The summed E-state index contributed by atoms with van der Waals surface area (Å²) in [6, 6.07) is 4.97. The van der Waals surface area contributed by atoms with E-state index in [9.17, 15) is 18.7 Å². The number of aliphatic hydroxyl groups excluding tert-OH is 1. The standard InChI is InChI=1S/C14H13F2NO2S/c1-8-4-5-20-13(8)14(19)17-7-12(18)9-2-3-10(15)11(16)6-9/h2-6,12,18H,7H2,1H3,(H,17,19). The van der Waals surface area contributed by atoms with Gasteiger partial charge in [0.1, 0.15) is 0 Å². The van der Waals surface area contributed by atoms with Crippen LogP contribution < -0.4 is 5.32 Å². The highest BCUT2D eigenvalue weighted by Gasteiger charge is 2.14. The third kappa shape index (κ3) is 3.20. The van der Waals surface area contributed by atoms with Gasteiger partial charge in [0.25, 0.3) is 5.91 Å². The van der Waals surface area contributed by atoms with Crippen molar-refractivity contribution in [1.29, 1.82) is 0 Å². The molecular formula is C14H13F2NO2S. The maximum Gasteiger partial charge on any atom is 0.261 e. The van der Waals surface area contributed by atoms with E-state index in [-0.39, 0.29) is 18.0 Å². The van der Waals surface area contributed by atoms with E-state index in [1.54, 1.807) is 5.38 Å². The van der Waals surface area contributed by atoms with Gasteiger partial charge in [-0.1, -0.05) is 6.07 Å². The van der Waals surface area contributed by atoms with E-state index in [0.717, 1.165) is 17.7 Å². The second kappa shape index (κ2) is 6.11. The Kier molecular flexibility index (Phi) is 4.46. The maximum atomic E-state index is 13.0. The smallest absolute Gasteiger partial charge is 0.261 e. The zero-order chi connectivity index (χ0) is 14.7. The number of hydrogen-bond donors (Lipinski definition) is 2. The van der Waals surface area contributed by atoms with Crippen LogP contribution in [-0.2, 0) is 0 Å². The lowest BCUT2D eigenvalue weighted by Crippen LogP contribution is -2.28. The summed E-state index contributed by atoms with van der Waals surface area (Å²) < 4.78 is 25.8. The molecule has 3 nitrogen and oxygen atoms in total. The number of amides is 1. The maximum absolute atomic E-state index is 13.0. The molecule has 0 spiro atoms. The number of halogens is 2. The first kappa shape index (κ1) is 14.6. The largest absolute Gasteiger partial charge is 0.387 e. The zero-order valence-electron chi connectivity index (χ0n) is 10.7. The molecule has 1 heterocycles. The molecule has 1 aromatic heterocycles. The molecule has 0 aliphatic heterocycles. The molecule has 0 aliphatic carbocycles. The van der Waals surface area contributed by atoms with Gasteiger partial charge >= 0.3 is 0 Å². The Balaban J connectivity index is 1.98. The van der Waals surface area contributed by atoms with Crippen molar-refractivity contribution >= 4 is 17.2 Å². The molecule has 1 amide bonds. The first-order valence-corrected chi connectivity index (χ1v) is 6.82. The van der Waals surface area contributed by atoms with Gasteiger partial charge in [-0.05, 0) is 41.6 Å². The van der Waals surface area contributed by atoms with Crippen molar-refractivity contribution < 1.29 is 18.7 Å². The van der Waals surface area contributed by atoms with Crippen LogP contribution in [-0.4, -0.2) is 17.6 Å². The minimum Gasteiger partial charge on any atom is -0.387 e. The third-order valence-corrected chi connectivity index (χ3v) is 3.87. The highest BCUT2D eigenvalue weighted by molar-refractivity contribution is 7.12. The van der Waals surface area contributed by atoms with Crippen molar-refractivity contribution in [2.24, 2.45) is 0 Å². The van der Waals surface area contributed by atoms with Crippen molar-refractivity contribution in [3.63, 3.8) is 0 Å². The van der Waals surface area contributed by atoms with E-state index in [1.165, 1.54) is 17.4 Å². The van der Waals surface area contributed by atoms with E-state index in [0.29, 0.717) is 4.88 Å². The number of rotatable bonds is 4. The normalized spacial score (nSPS) is 12.2. The van der Waals surface area contributed by atoms with Crippen LogP contribution in [0.5, 0.6) is 0 Å². The summed E-state index contributed by atoms with van der Waals surface area (Å²) in [7, 11) is 0. The van der Waals surface area contributed by atoms with E-state index in [1.807, 2.05) is 13.0 Å². The molecule has 2 rings (SSSR count). The third-order valence-electron chi connectivity index (χ3n) is 2.85. The quantitative estimate of drug-likeness (QED) is 0.911. The van der Waals surface area contributed by atoms with Crippen LogP contribution in [0.2, 0.25) is 0 Å². The van der Waals surface area contributed by atoms with Crippen molar-refractivity contribution in [3.05, 3.63) is 57.3 Å². The number of aryl methyl sites for hydroxylation is 1. The van der Waals surface area contributed by atoms with Crippen LogP contribution in [0.15, 0.2) is 29.6 Å². The average Bonchev–Trinajstić information content (AvgIpc) is 2.85.